The molecule has 0 aliphatic heterocycles. The summed E-state index contributed by atoms with van der Waals surface area (Å²) in [7, 11) is 0. The first-order valence-corrected chi connectivity index (χ1v) is 8.10. The summed E-state index contributed by atoms with van der Waals surface area (Å²) in [6.45, 7) is 5.17. The highest BCUT2D eigenvalue weighted by atomic mass is 32.1. The van der Waals surface area contributed by atoms with Gasteiger partial charge in [0, 0.05) is 23.9 Å². The fraction of sp³-hybridized carbons (Fsp3) is 0.250. The molecular formula is C16H17N3O4S. The predicted octanol–water partition coefficient (Wildman–Crippen LogP) is 3.87. The normalized spacial score (nSPS) is 10.3. The Balaban J connectivity index is 2.22. The van der Waals surface area contributed by atoms with E-state index in [-0.39, 0.29) is 16.5 Å². The van der Waals surface area contributed by atoms with Gasteiger partial charge in [0.2, 0.25) is 5.91 Å². The van der Waals surface area contributed by atoms with E-state index in [1.165, 1.54) is 6.07 Å². The zero-order valence-electron chi connectivity index (χ0n) is 13.5. The van der Waals surface area contributed by atoms with Crippen LogP contribution in [-0.2, 0) is 4.79 Å². The van der Waals surface area contributed by atoms with Crippen molar-refractivity contribution in [3.05, 3.63) is 49.7 Å². The van der Waals surface area contributed by atoms with Gasteiger partial charge >= 0.3 is 0 Å². The van der Waals surface area contributed by atoms with Gasteiger partial charge in [0.25, 0.3) is 11.6 Å². The van der Waals surface area contributed by atoms with Crippen molar-refractivity contribution in [3.8, 4) is 0 Å². The van der Waals surface area contributed by atoms with Crippen molar-refractivity contribution in [2.45, 2.75) is 27.2 Å². The molecule has 2 rings (SSSR count). The number of nitro groups is 1. The van der Waals surface area contributed by atoms with Gasteiger partial charge in [-0.25, -0.2) is 0 Å². The van der Waals surface area contributed by atoms with Crippen molar-refractivity contribution in [1.29, 1.82) is 0 Å². The third-order valence-corrected chi connectivity index (χ3v) is 4.44. The van der Waals surface area contributed by atoms with Gasteiger partial charge in [-0.3, -0.25) is 19.7 Å². The number of nitrogens with one attached hydrogen (secondary N) is 2. The van der Waals surface area contributed by atoms with Crippen LogP contribution in [0, 0.1) is 24.0 Å². The quantitative estimate of drug-likeness (QED) is 0.633. The Kier molecular flexibility index (Phi) is 5.30. The fourth-order valence-electron chi connectivity index (χ4n) is 2.03. The zero-order chi connectivity index (χ0) is 17.9. The summed E-state index contributed by atoms with van der Waals surface area (Å²) in [5.74, 6) is -0.543. The summed E-state index contributed by atoms with van der Waals surface area (Å²) in [6.07, 6.45) is 0.355. The summed E-state index contributed by atoms with van der Waals surface area (Å²) in [5.41, 5.74) is 1.88. The number of rotatable bonds is 5. The van der Waals surface area contributed by atoms with Crippen molar-refractivity contribution < 1.29 is 14.5 Å². The van der Waals surface area contributed by atoms with E-state index in [1.807, 2.05) is 6.92 Å². The maximum atomic E-state index is 12.3. The van der Waals surface area contributed by atoms with Crippen molar-refractivity contribution >= 4 is 40.2 Å². The lowest BCUT2D eigenvalue weighted by Gasteiger charge is -2.10. The standard InChI is InChI=1S/C16H17N3O4S/c1-4-15(20)17-11-6-5-9(2)12(7-11)18-16(21)14-8-13(19(22)23)10(3)24-14/h5-8H,4H2,1-3H3,(H,17,20)(H,18,21). The average molecular weight is 347 g/mol. The number of carbonyl (C=O) groups is 2. The molecule has 0 saturated carbocycles. The van der Waals surface area contributed by atoms with E-state index < -0.39 is 10.8 Å². The Morgan fingerprint density at radius 1 is 1.21 bits per heavy atom. The molecule has 0 saturated heterocycles. The van der Waals surface area contributed by atoms with E-state index in [9.17, 15) is 19.7 Å². The number of hydrogen-bond donors (Lipinski definition) is 2. The lowest BCUT2D eigenvalue weighted by molar-refractivity contribution is -0.385. The van der Waals surface area contributed by atoms with Crippen LogP contribution >= 0.6 is 11.3 Å². The second-order valence-corrected chi connectivity index (χ2v) is 6.45. The molecule has 1 aromatic carbocycles. The number of benzene rings is 1. The van der Waals surface area contributed by atoms with Crippen molar-refractivity contribution in [2.75, 3.05) is 10.6 Å². The Labute approximate surface area is 142 Å². The Morgan fingerprint density at radius 2 is 1.92 bits per heavy atom. The maximum Gasteiger partial charge on any atom is 0.283 e. The smallest absolute Gasteiger partial charge is 0.283 e. The van der Waals surface area contributed by atoms with Gasteiger partial charge in [-0.05, 0) is 31.5 Å². The van der Waals surface area contributed by atoms with Gasteiger partial charge < -0.3 is 10.6 Å². The summed E-state index contributed by atoms with van der Waals surface area (Å²) < 4.78 is 0. The van der Waals surface area contributed by atoms with Crippen LogP contribution in [0.15, 0.2) is 24.3 Å². The number of aryl methyl sites for hydroxylation is 2. The summed E-state index contributed by atoms with van der Waals surface area (Å²) >= 11 is 1.07. The molecule has 1 heterocycles. The molecule has 8 heteroatoms. The molecule has 24 heavy (non-hydrogen) atoms. The monoisotopic (exact) mass is 347 g/mol. The Hall–Kier alpha value is -2.74. The van der Waals surface area contributed by atoms with Gasteiger partial charge in [-0.1, -0.05) is 13.0 Å². The van der Waals surface area contributed by atoms with E-state index in [0.717, 1.165) is 16.9 Å². The minimum absolute atomic E-state index is 0.0640. The minimum Gasteiger partial charge on any atom is -0.326 e. The number of anilines is 2. The van der Waals surface area contributed by atoms with Crippen LogP contribution in [0.2, 0.25) is 0 Å². The number of carbonyl (C=O) groups excluding carboxylic acids is 2. The molecule has 0 aliphatic rings. The molecular weight excluding hydrogens is 330 g/mol. The molecule has 2 N–H and O–H groups in total. The van der Waals surface area contributed by atoms with E-state index >= 15 is 0 Å². The van der Waals surface area contributed by atoms with Crippen LogP contribution in [0.25, 0.3) is 0 Å². The lowest BCUT2D eigenvalue weighted by atomic mass is 10.1. The van der Waals surface area contributed by atoms with E-state index in [4.69, 9.17) is 0 Å². The zero-order valence-corrected chi connectivity index (χ0v) is 14.3. The molecule has 0 spiro atoms. The number of hydrogen-bond acceptors (Lipinski definition) is 5. The number of amides is 2. The van der Waals surface area contributed by atoms with E-state index in [0.29, 0.717) is 22.7 Å². The molecule has 2 aromatic rings. The first-order valence-electron chi connectivity index (χ1n) is 7.28. The third-order valence-electron chi connectivity index (χ3n) is 3.40. The second-order valence-electron chi connectivity index (χ2n) is 5.19. The molecule has 0 aliphatic carbocycles. The fourth-order valence-corrected chi connectivity index (χ4v) is 2.92. The first-order chi connectivity index (χ1) is 11.3. The average Bonchev–Trinajstić information content (AvgIpc) is 2.92. The van der Waals surface area contributed by atoms with Crippen LogP contribution in [-0.4, -0.2) is 16.7 Å². The van der Waals surface area contributed by atoms with Crippen LogP contribution in [0.5, 0.6) is 0 Å². The first kappa shape index (κ1) is 17.6. The van der Waals surface area contributed by atoms with Gasteiger partial charge in [0.05, 0.1) is 14.7 Å². The highest BCUT2D eigenvalue weighted by molar-refractivity contribution is 7.14. The van der Waals surface area contributed by atoms with E-state index in [2.05, 4.69) is 10.6 Å². The molecule has 0 fully saturated rings. The Morgan fingerprint density at radius 3 is 2.50 bits per heavy atom. The second kappa shape index (κ2) is 7.22. The molecule has 2 amide bonds. The summed E-state index contributed by atoms with van der Waals surface area (Å²) in [6, 6.07) is 6.46. The molecule has 126 valence electrons. The van der Waals surface area contributed by atoms with E-state index in [1.54, 1.807) is 32.0 Å². The topological polar surface area (TPSA) is 101 Å². The highest BCUT2D eigenvalue weighted by Crippen LogP contribution is 2.29. The third kappa shape index (κ3) is 3.96. The van der Waals surface area contributed by atoms with Crippen LogP contribution in [0.1, 0.15) is 33.5 Å². The molecule has 0 unspecified atom stereocenters. The Bertz CT molecular complexity index is 814. The van der Waals surface area contributed by atoms with Crippen LogP contribution in [0.3, 0.4) is 0 Å². The van der Waals surface area contributed by atoms with Crippen molar-refractivity contribution in [2.24, 2.45) is 0 Å². The molecule has 7 nitrogen and oxygen atoms in total. The molecule has 0 atom stereocenters. The lowest BCUT2D eigenvalue weighted by Crippen LogP contribution is -2.13. The summed E-state index contributed by atoms with van der Waals surface area (Å²) in [5, 5.41) is 16.3. The van der Waals surface area contributed by atoms with Gasteiger partial charge in [0.15, 0.2) is 0 Å². The van der Waals surface area contributed by atoms with Gasteiger partial charge in [0.1, 0.15) is 0 Å². The van der Waals surface area contributed by atoms with Crippen molar-refractivity contribution in [1.82, 2.24) is 0 Å². The summed E-state index contributed by atoms with van der Waals surface area (Å²) in [4.78, 5) is 34.9. The number of nitrogens with zero attached hydrogens (tertiary/aromatic N) is 1. The van der Waals surface area contributed by atoms with Gasteiger partial charge in [-0.2, -0.15) is 0 Å². The predicted molar refractivity (Wildman–Crippen MR) is 93.8 cm³/mol. The van der Waals surface area contributed by atoms with Gasteiger partial charge in [-0.15, -0.1) is 11.3 Å². The van der Waals surface area contributed by atoms with Crippen LogP contribution in [0.4, 0.5) is 17.1 Å². The minimum atomic E-state index is -0.505. The van der Waals surface area contributed by atoms with Crippen LogP contribution < -0.4 is 10.6 Å². The number of thiophene rings is 1. The largest absolute Gasteiger partial charge is 0.326 e. The molecule has 0 bridgehead atoms. The van der Waals surface area contributed by atoms with Crippen molar-refractivity contribution in [3.63, 3.8) is 0 Å². The highest BCUT2D eigenvalue weighted by Gasteiger charge is 2.20. The molecule has 0 radical (unpaired) electrons. The molecule has 1 aromatic heterocycles. The SMILES string of the molecule is CCC(=O)Nc1ccc(C)c(NC(=O)c2cc([N+](=O)[O-])c(C)s2)c1. The maximum absolute atomic E-state index is 12.3.